The van der Waals surface area contributed by atoms with E-state index in [-0.39, 0.29) is 0 Å². The van der Waals surface area contributed by atoms with Crippen molar-refractivity contribution >= 4 is 0 Å². The van der Waals surface area contributed by atoms with Gasteiger partial charge in [-0.15, -0.1) is 0 Å². The van der Waals surface area contributed by atoms with Gasteiger partial charge in [0, 0.05) is 12.6 Å². The monoisotopic (exact) mass is 191 g/mol. The largest absolute Gasteiger partial charge is 0.454 e. The van der Waals surface area contributed by atoms with Crippen molar-refractivity contribution in [3.05, 3.63) is 23.3 Å². The van der Waals surface area contributed by atoms with Crippen LogP contribution in [0.5, 0.6) is 11.5 Å². The number of benzene rings is 1. The lowest BCUT2D eigenvalue weighted by molar-refractivity contribution is 0.174. The summed E-state index contributed by atoms with van der Waals surface area (Å²) in [5, 5.41) is 3.43. The predicted octanol–water partition coefficient (Wildman–Crippen LogP) is 1.45. The third-order valence-electron chi connectivity index (χ3n) is 2.86. The van der Waals surface area contributed by atoms with E-state index in [4.69, 9.17) is 9.47 Å². The first-order valence-corrected chi connectivity index (χ1v) is 4.98. The summed E-state index contributed by atoms with van der Waals surface area (Å²) in [5.74, 6) is 1.79. The highest BCUT2D eigenvalue weighted by atomic mass is 16.7. The second-order valence-corrected chi connectivity index (χ2v) is 3.96. The highest BCUT2D eigenvalue weighted by molar-refractivity contribution is 5.49. The molecule has 3 heteroatoms. The molecular weight excluding hydrogens is 178 g/mol. The average Bonchev–Trinajstić information content (AvgIpc) is 2.61. The van der Waals surface area contributed by atoms with Crippen molar-refractivity contribution in [2.45, 2.75) is 25.9 Å². The number of hydrogen-bond acceptors (Lipinski definition) is 3. The molecule has 0 saturated heterocycles. The molecule has 2 heterocycles. The Bertz CT molecular complexity index is 376. The van der Waals surface area contributed by atoms with E-state index in [0.29, 0.717) is 12.8 Å². The van der Waals surface area contributed by atoms with E-state index >= 15 is 0 Å². The Hall–Kier alpha value is -1.22. The van der Waals surface area contributed by atoms with Crippen molar-refractivity contribution in [2.24, 2.45) is 0 Å². The molecule has 0 bridgehead atoms. The molecule has 0 amide bonds. The zero-order valence-corrected chi connectivity index (χ0v) is 8.17. The van der Waals surface area contributed by atoms with E-state index in [1.54, 1.807) is 0 Å². The normalized spacial score (nSPS) is 23.4. The lowest BCUT2D eigenvalue weighted by Gasteiger charge is -2.23. The van der Waals surface area contributed by atoms with Crippen LogP contribution in [-0.2, 0) is 13.0 Å². The number of rotatable bonds is 0. The van der Waals surface area contributed by atoms with Gasteiger partial charge in [0.15, 0.2) is 11.5 Å². The summed E-state index contributed by atoms with van der Waals surface area (Å²) in [4.78, 5) is 0. The van der Waals surface area contributed by atoms with Crippen molar-refractivity contribution < 1.29 is 9.47 Å². The predicted molar refractivity (Wildman–Crippen MR) is 52.6 cm³/mol. The van der Waals surface area contributed by atoms with E-state index in [1.807, 2.05) is 0 Å². The van der Waals surface area contributed by atoms with Crippen LogP contribution in [-0.4, -0.2) is 12.8 Å². The molecule has 2 aliphatic rings. The lowest BCUT2D eigenvalue weighted by Crippen LogP contribution is -2.32. The number of ether oxygens (including phenoxy) is 2. The van der Waals surface area contributed by atoms with E-state index in [2.05, 4.69) is 24.4 Å². The van der Waals surface area contributed by atoms with Gasteiger partial charge in [-0.25, -0.2) is 0 Å². The van der Waals surface area contributed by atoms with Crippen LogP contribution in [0.4, 0.5) is 0 Å². The van der Waals surface area contributed by atoms with Crippen LogP contribution in [0.2, 0.25) is 0 Å². The molecule has 1 aromatic rings. The summed E-state index contributed by atoms with van der Waals surface area (Å²) in [7, 11) is 0. The fraction of sp³-hybridized carbons (Fsp3) is 0.455. The maximum atomic E-state index is 5.36. The summed E-state index contributed by atoms with van der Waals surface area (Å²) in [6.07, 6.45) is 1.08. The fourth-order valence-corrected chi connectivity index (χ4v) is 2.07. The fourth-order valence-electron chi connectivity index (χ4n) is 2.07. The van der Waals surface area contributed by atoms with Crippen LogP contribution in [0.25, 0.3) is 0 Å². The van der Waals surface area contributed by atoms with Crippen molar-refractivity contribution in [1.82, 2.24) is 5.32 Å². The van der Waals surface area contributed by atoms with Crippen LogP contribution in [0.3, 0.4) is 0 Å². The maximum absolute atomic E-state index is 5.36. The summed E-state index contributed by atoms with van der Waals surface area (Å²) < 4.78 is 10.7. The molecule has 0 aromatic heterocycles. The van der Waals surface area contributed by atoms with Gasteiger partial charge in [-0.2, -0.15) is 0 Å². The van der Waals surface area contributed by atoms with Gasteiger partial charge in [-0.3, -0.25) is 0 Å². The minimum absolute atomic E-state index is 0.362. The number of nitrogens with one attached hydrogen (secondary N) is 1. The minimum Gasteiger partial charge on any atom is -0.454 e. The van der Waals surface area contributed by atoms with Gasteiger partial charge in [0.1, 0.15) is 0 Å². The molecule has 0 fully saturated rings. The Balaban J connectivity index is 2.06. The van der Waals surface area contributed by atoms with Crippen LogP contribution < -0.4 is 14.8 Å². The second kappa shape index (κ2) is 2.89. The first-order chi connectivity index (χ1) is 6.83. The Kier molecular flexibility index (Phi) is 1.67. The number of hydrogen-bond donors (Lipinski definition) is 1. The van der Waals surface area contributed by atoms with Crippen LogP contribution in [0.1, 0.15) is 18.1 Å². The van der Waals surface area contributed by atoms with E-state index in [0.717, 1.165) is 24.5 Å². The van der Waals surface area contributed by atoms with Crippen LogP contribution in [0, 0.1) is 0 Å². The Morgan fingerprint density at radius 1 is 1.21 bits per heavy atom. The van der Waals surface area contributed by atoms with Crippen LogP contribution >= 0.6 is 0 Å². The van der Waals surface area contributed by atoms with Gasteiger partial charge in [0.25, 0.3) is 0 Å². The summed E-state index contributed by atoms with van der Waals surface area (Å²) >= 11 is 0. The molecule has 1 N–H and O–H groups in total. The first kappa shape index (κ1) is 8.12. The van der Waals surface area contributed by atoms with Gasteiger partial charge in [-0.1, -0.05) is 0 Å². The minimum atomic E-state index is 0.362. The van der Waals surface area contributed by atoms with Crippen LogP contribution in [0.15, 0.2) is 12.1 Å². The van der Waals surface area contributed by atoms with Crippen molar-refractivity contribution in [3.8, 4) is 11.5 Å². The number of fused-ring (bicyclic) bond motifs is 2. The van der Waals surface area contributed by atoms with Gasteiger partial charge in [0.05, 0.1) is 0 Å². The third kappa shape index (κ3) is 1.16. The SMILES string of the molecule is C[C@H]1Cc2cc3c(cc2CN1)OCO3. The highest BCUT2D eigenvalue weighted by Crippen LogP contribution is 2.36. The maximum Gasteiger partial charge on any atom is 0.231 e. The lowest BCUT2D eigenvalue weighted by atomic mass is 9.96. The standard InChI is InChI=1S/C11H13NO2/c1-7-2-8-3-10-11(14-6-13-10)4-9(8)5-12-7/h3-4,7,12H,2,5-6H2,1H3/t7-/m0/s1. The summed E-state index contributed by atoms with van der Waals surface area (Å²) in [6, 6.07) is 4.77. The zero-order chi connectivity index (χ0) is 9.54. The highest BCUT2D eigenvalue weighted by Gasteiger charge is 2.20. The van der Waals surface area contributed by atoms with E-state index in [9.17, 15) is 0 Å². The Labute approximate surface area is 83.0 Å². The van der Waals surface area contributed by atoms with Crippen molar-refractivity contribution in [3.63, 3.8) is 0 Å². The van der Waals surface area contributed by atoms with Crippen molar-refractivity contribution in [2.75, 3.05) is 6.79 Å². The topological polar surface area (TPSA) is 30.5 Å². The summed E-state index contributed by atoms with van der Waals surface area (Å²) in [6.45, 7) is 3.50. The first-order valence-electron chi connectivity index (χ1n) is 4.98. The molecular formula is C11H13NO2. The Morgan fingerprint density at radius 3 is 2.71 bits per heavy atom. The molecule has 0 radical (unpaired) electrons. The van der Waals surface area contributed by atoms with Crippen molar-refractivity contribution in [1.29, 1.82) is 0 Å². The molecule has 14 heavy (non-hydrogen) atoms. The molecule has 0 saturated carbocycles. The molecule has 3 nitrogen and oxygen atoms in total. The van der Waals surface area contributed by atoms with Gasteiger partial charge in [-0.05, 0) is 36.6 Å². The zero-order valence-electron chi connectivity index (χ0n) is 8.17. The van der Waals surface area contributed by atoms with E-state index in [1.165, 1.54) is 11.1 Å². The summed E-state index contributed by atoms with van der Waals surface area (Å²) in [5.41, 5.74) is 2.73. The molecule has 1 aromatic carbocycles. The smallest absolute Gasteiger partial charge is 0.231 e. The molecule has 0 aliphatic carbocycles. The van der Waals surface area contributed by atoms with Gasteiger partial charge < -0.3 is 14.8 Å². The Morgan fingerprint density at radius 2 is 1.93 bits per heavy atom. The molecule has 0 spiro atoms. The molecule has 2 aliphatic heterocycles. The van der Waals surface area contributed by atoms with Gasteiger partial charge >= 0.3 is 0 Å². The molecule has 1 atom stereocenters. The third-order valence-corrected chi connectivity index (χ3v) is 2.86. The second-order valence-electron chi connectivity index (χ2n) is 3.96. The van der Waals surface area contributed by atoms with E-state index < -0.39 is 0 Å². The van der Waals surface area contributed by atoms with Gasteiger partial charge in [0.2, 0.25) is 6.79 Å². The molecule has 0 unspecified atom stereocenters. The molecule has 74 valence electrons. The molecule has 3 rings (SSSR count). The quantitative estimate of drug-likeness (QED) is 0.673. The average molecular weight is 191 g/mol.